The zero-order valence-corrected chi connectivity index (χ0v) is 36.4. The first-order chi connectivity index (χ1) is 27.7. The Labute approximate surface area is 346 Å². The van der Waals surface area contributed by atoms with Crippen molar-refractivity contribution in [2.75, 3.05) is 26.4 Å². The van der Waals surface area contributed by atoms with Crippen LogP contribution in [-0.2, 0) is 32.7 Å². The van der Waals surface area contributed by atoms with Gasteiger partial charge in [-0.15, -0.1) is 0 Å². The first kappa shape index (κ1) is 54.4. The molecule has 0 aliphatic carbocycles. The van der Waals surface area contributed by atoms with Gasteiger partial charge in [-0.25, -0.2) is 4.57 Å². The minimum atomic E-state index is -4.64. The molecule has 328 valence electrons. The second-order valence-corrected chi connectivity index (χ2v) is 15.8. The van der Waals surface area contributed by atoms with Crippen LogP contribution in [-0.4, -0.2) is 65.7 Å². The fourth-order valence-electron chi connectivity index (χ4n) is 5.43. The van der Waals surface area contributed by atoms with E-state index in [1.165, 1.54) is 64.2 Å². The smallest absolute Gasteiger partial charge is 0.462 e. The van der Waals surface area contributed by atoms with Gasteiger partial charge in [0.2, 0.25) is 0 Å². The van der Waals surface area contributed by atoms with Crippen LogP contribution in [0.1, 0.15) is 168 Å². The number of aliphatic hydroxyl groups excluding tert-OH is 2. The van der Waals surface area contributed by atoms with E-state index in [4.69, 9.17) is 19.1 Å². The van der Waals surface area contributed by atoms with E-state index in [-0.39, 0.29) is 19.4 Å². The van der Waals surface area contributed by atoms with Gasteiger partial charge in [-0.2, -0.15) is 0 Å². The number of phosphoric ester groups is 1. The standard InChI is InChI=1S/C46H79O10P/c1-3-5-7-9-11-13-15-17-19-21-23-25-27-29-31-33-35-37-45(49)53-41-44(42-55-57(51,52)54-40-43(48)39-47)56-46(50)38-36-34-32-30-28-26-24-22-20-18-16-14-12-10-8-6-4-2/h7,9,13,15,19,21,24-27,30,32,43-44,47-48H,3-6,8,10-12,14,16-18,20,22-23,28-29,31,33-42H2,1-2H3,(H,51,52)/b9-7+,15-13+,21-19+,26-24+,27-25+,32-30+/t43-,44+/m0/s1. The Balaban J connectivity index is 4.43. The van der Waals surface area contributed by atoms with Crippen molar-refractivity contribution in [1.29, 1.82) is 0 Å². The summed E-state index contributed by atoms with van der Waals surface area (Å²) in [4.78, 5) is 35.0. The van der Waals surface area contributed by atoms with Crippen molar-refractivity contribution < 1.29 is 47.8 Å². The van der Waals surface area contributed by atoms with Crippen LogP contribution in [0.15, 0.2) is 72.9 Å². The van der Waals surface area contributed by atoms with Crippen LogP contribution in [0.2, 0.25) is 0 Å². The second-order valence-electron chi connectivity index (χ2n) is 14.4. The molecule has 0 rings (SSSR count). The van der Waals surface area contributed by atoms with Crippen LogP contribution in [0, 0.1) is 0 Å². The molecule has 0 saturated heterocycles. The zero-order valence-electron chi connectivity index (χ0n) is 35.5. The predicted octanol–water partition coefficient (Wildman–Crippen LogP) is 11.7. The summed E-state index contributed by atoms with van der Waals surface area (Å²) >= 11 is 0. The van der Waals surface area contributed by atoms with Crippen molar-refractivity contribution in [2.24, 2.45) is 0 Å². The fourth-order valence-corrected chi connectivity index (χ4v) is 6.22. The molecule has 0 radical (unpaired) electrons. The van der Waals surface area contributed by atoms with Gasteiger partial charge in [-0.1, -0.05) is 151 Å². The molecule has 57 heavy (non-hydrogen) atoms. The number of unbranched alkanes of at least 4 members (excludes halogenated alkanes) is 14. The molecule has 1 unspecified atom stereocenters. The van der Waals surface area contributed by atoms with Gasteiger partial charge in [0.1, 0.15) is 12.7 Å². The predicted molar refractivity (Wildman–Crippen MR) is 233 cm³/mol. The lowest BCUT2D eigenvalue weighted by atomic mass is 10.1. The van der Waals surface area contributed by atoms with Crippen LogP contribution in [0.25, 0.3) is 0 Å². The number of hydrogen-bond acceptors (Lipinski definition) is 9. The summed E-state index contributed by atoms with van der Waals surface area (Å²) in [5.41, 5.74) is 0. The summed E-state index contributed by atoms with van der Waals surface area (Å²) in [5, 5.41) is 18.3. The maximum atomic E-state index is 12.6. The lowest BCUT2D eigenvalue weighted by Crippen LogP contribution is -2.29. The van der Waals surface area contributed by atoms with Crippen molar-refractivity contribution in [2.45, 2.75) is 180 Å². The summed E-state index contributed by atoms with van der Waals surface area (Å²) in [7, 11) is -4.64. The number of ether oxygens (including phenoxy) is 2. The van der Waals surface area contributed by atoms with E-state index in [1.807, 2.05) is 6.08 Å². The summed E-state index contributed by atoms with van der Waals surface area (Å²) in [5.74, 6) is -1.02. The van der Waals surface area contributed by atoms with Crippen LogP contribution < -0.4 is 0 Å². The lowest BCUT2D eigenvalue weighted by Gasteiger charge is -2.20. The average molecular weight is 823 g/mol. The average Bonchev–Trinajstić information content (AvgIpc) is 3.20. The SMILES string of the molecule is CCC/C=C/C/C=C/C/C=C/C/C=C/CCCCCC(=O)OC[C@H](COP(=O)(O)OC[C@@H](O)CO)OC(=O)CCC/C=C/C/C=C/CCCCCCCCCCC. The zero-order chi connectivity index (χ0) is 41.9. The third-order valence-corrected chi connectivity index (χ3v) is 9.77. The van der Waals surface area contributed by atoms with Gasteiger partial charge in [-0.05, 0) is 77.0 Å². The summed E-state index contributed by atoms with van der Waals surface area (Å²) in [6.07, 6.45) is 47.3. The van der Waals surface area contributed by atoms with Crippen LogP contribution in [0.3, 0.4) is 0 Å². The fraction of sp³-hybridized carbons (Fsp3) is 0.696. The monoisotopic (exact) mass is 823 g/mol. The number of hydrogen-bond donors (Lipinski definition) is 3. The number of allylic oxidation sites excluding steroid dienone is 12. The van der Waals surface area contributed by atoms with Crippen molar-refractivity contribution in [3.63, 3.8) is 0 Å². The normalized spacial score (nSPS) is 14.5. The molecule has 0 saturated carbocycles. The highest BCUT2D eigenvalue weighted by Gasteiger charge is 2.27. The quantitative estimate of drug-likeness (QED) is 0.0236. The maximum absolute atomic E-state index is 12.6. The summed E-state index contributed by atoms with van der Waals surface area (Å²) < 4.78 is 32.6. The first-order valence-corrected chi connectivity index (χ1v) is 23.4. The van der Waals surface area contributed by atoms with E-state index in [1.54, 1.807) is 0 Å². The highest BCUT2D eigenvalue weighted by molar-refractivity contribution is 7.47. The largest absolute Gasteiger partial charge is 0.472 e. The molecular weight excluding hydrogens is 743 g/mol. The number of aliphatic hydroxyl groups is 2. The van der Waals surface area contributed by atoms with E-state index < -0.39 is 51.8 Å². The van der Waals surface area contributed by atoms with Gasteiger partial charge in [0.25, 0.3) is 0 Å². The molecular formula is C46H79O10P. The third-order valence-electron chi connectivity index (χ3n) is 8.81. The van der Waals surface area contributed by atoms with E-state index in [0.29, 0.717) is 19.3 Å². The molecule has 10 nitrogen and oxygen atoms in total. The number of carbonyl (C=O) groups is 2. The molecule has 0 spiro atoms. The molecule has 3 atom stereocenters. The van der Waals surface area contributed by atoms with Crippen molar-refractivity contribution in [3.8, 4) is 0 Å². The highest BCUT2D eigenvalue weighted by Crippen LogP contribution is 2.43. The minimum Gasteiger partial charge on any atom is -0.462 e. The summed E-state index contributed by atoms with van der Waals surface area (Å²) in [6, 6.07) is 0. The maximum Gasteiger partial charge on any atom is 0.472 e. The number of phosphoric acid groups is 1. The molecule has 3 N–H and O–H groups in total. The van der Waals surface area contributed by atoms with Crippen molar-refractivity contribution in [3.05, 3.63) is 72.9 Å². The van der Waals surface area contributed by atoms with E-state index >= 15 is 0 Å². The molecule has 0 heterocycles. The Morgan fingerprint density at radius 3 is 1.49 bits per heavy atom. The molecule has 0 aromatic rings. The third kappa shape index (κ3) is 41.4. The van der Waals surface area contributed by atoms with Crippen molar-refractivity contribution >= 4 is 19.8 Å². The van der Waals surface area contributed by atoms with Crippen LogP contribution >= 0.6 is 7.82 Å². The topological polar surface area (TPSA) is 149 Å². The number of rotatable bonds is 40. The van der Waals surface area contributed by atoms with Gasteiger partial charge >= 0.3 is 19.8 Å². The van der Waals surface area contributed by atoms with Crippen LogP contribution in [0.5, 0.6) is 0 Å². The molecule has 0 aromatic heterocycles. The molecule has 0 amide bonds. The van der Waals surface area contributed by atoms with Gasteiger partial charge in [0.05, 0.1) is 19.8 Å². The molecule has 11 heteroatoms. The number of carbonyl (C=O) groups excluding carboxylic acids is 2. The van der Waals surface area contributed by atoms with E-state index in [0.717, 1.165) is 57.8 Å². The van der Waals surface area contributed by atoms with Crippen molar-refractivity contribution in [1.82, 2.24) is 0 Å². The second kappa shape index (κ2) is 41.6. The Morgan fingerprint density at radius 1 is 0.526 bits per heavy atom. The highest BCUT2D eigenvalue weighted by atomic mass is 31.2. The van der Waals surface area contributed by atoms with Gasteiger partial charge in [-0.3, -0.25) is 18.6 Å². The summed E-state index contributed by atoms with van der Waals surface area (Å²) in [6.45, 7) is 2.22. The molecule has 0 fully saturated rings. The Hall–Kier alpha value is -2.59. The number of esters is 2. The van der Waals surface area contributed by atoms with Gasteiger partial charge in [0.15, 0.2) is 6.10 Å². The van der Waals surface area contributed by atoms with E-state index in [9.17, 15) is 24.2 Å². The Morgan fingerprint density at radius 2 is 0.965 bits per heavy atom. The minimum absolute atomic E-state index is 0.110. The molecule has 0 aliphatic rings. The Kier molecular flexibility index (Phi) is 39.7. The van der Waals surface area contributed by atoms with Gasteiger partial charge < -0.3 is 24.6 Å². The first-order valence-electron chi connectivity index (χ1n) is 21.9. The molecule has 0 aliphatic heterocycles. The van der Waals surface area contributed by atoms with E-state index in [2.05, 4.69) is 85.2 Å². The lowest BCUT2D eigenvalue weighted by molar-refractivity contribution is -0.161. The van der Waals surface area contributed by atoms with Crippen LogP contribution in [0.4, 0.5) is 0 Å². The Bertz CT molecular complexity index is 1180. The molecule has 0 aromatic carbocycles. The van der Waals surface area contributed by atoms with Gasteiger partial charge in [0, 0.05) is 12.8 Å². The molecule has 0 bridgehead atoms.